The van der Waals surface area contributed by atoms with Crippen molar-refractivity contribution in [2.75, 3.05) is 7.05 Å². The van der Waals surface area contributed by atoms with E-state index in [4.69, 9.17) is 5.73 Å². The summed E-state index contributed by atoms with van der Waals surface area (Å²) in [4.78, 5) is 24.7. The molecular weight excluding hydrogens is 285 g/mol. The third kappa shape index (κ3) is 3.01. The van der Waals surface area contributed by atoms with Crippen LogP contribution in [0.4, 0.5) is 13.2 Å². The molecule has 1 aromatic rings. The second-order valence-electron chi connectivity index (χ2n) is 5.12. The lowest BCUT2D eigenvalue weighted by Gasteiger charge is -2.37. The van der Waals surface area contributed by atoms with Crippen LogP contribution in [0.2, 0.25) is 0 Å². The molecule has 0 aliphatic carbocycles. The molecule has 1 fully saturated rings. The number of amides is 2. The largest absolute Gasteiger partial charge is 0.416 e. The summed E-state index contributed by atoms with van der Waals surface area (Å²) in [5, 5.41) is 0. The fraction of sp³-hybridized carbons (Fsp3) is 0.429. The van der Waals surface area contributed by atoms with E-state index in [0.717, 1.165) is 12.1 Å². The van der Waals surface area contributed by atoms with E-state index in [2.05, 4.69) is 0 Å². The molecule has 4 nitrogen and oxygen atoms in total. The van der Waals surface area contributed by atoms with Gasteiger partial charge in [-0.1, -0.05) is 12.1 Å². The molecule has 1 aromatic carbocycles. The quantitative estimate of drug-likeness (QED) is 0.909. The fourth-order valence-electron chi connectivity index (χ4n) is 2.66. The van der Waals surface area contributed by atoms with Crippen molar-refractivity contribution >= 4 is 11.8 Å². The predicted octanol–water partition coefficient (Wildman–Crippen LogP) is 2.10. The number of carbonyl (C=O) groups excluding carboxylic acids is 2. The summed E-state index contributed by atoms with van der Waals surface area (Å²) in [5.41, 5.74) is 5.05. The summed E-state index contributed by atoms with van der Waals surface area (Å²) >= 11 is 0. The monoisotopic (exact) mass is 300 g/mol. The maximum Gasteiger partial charge on any atom is 0.416 e. The number of carbonyl (C=O) groups is 2. The first kappa shape index (κ1) is 15.3. The Labute approximate surface area is 119 Å². The molecule has 7 heteroatoms. The van der Waals surface area contributed by atoms with E-state index < -0.39 is 29.6 Å². The average Bonchev–Trinajstić information content (AvgIpc) is 2.40. The zero-order valence-corrected chi connectivity index (χ0v) is 11.4. The van der Waals surface area contributed by atoms with Gasteiger partial charge in [0.05, 0.1) is 17.5 Å². The van der Waals surface area contributed by atoms with Gasteiger partial charge in [0.15, 0.2) is 0 Å². The van der Waals surface area contributed by atoms with Gasteiger partial charge in [0.2, 0.25) is 11.8 Å². The highest BCUT2D eigenvalue weighted by molar-refractivity contribution is 5.83. The van der Waals surface area contributed by atoms with Crippen molar-refractivity contribution in [3.8, 4) is 0 Å². The Hall–Kier alpha value is -2.05. The molecule has 2 N–H and O–H groups in total. The van der Waals surface area contributed by atoms with Crippen LogP contribution in [0.3, 0.4) is 0 Å². The van der Waals surface area contributed by atoms with Crippen molar-refractivity contribution in [2.24, 2.45) is 11.7 Å². The molecule has 0 radical (unpaired) electrons. The van der Waals surface area contributed by atoms with E-state index in [0.29, 0.717) is 12.0 Å². The minimum Gasteiger partial charge on any atom is -0.369 e. The van der Waals surface area contributed by atoms with Crippen molar-refractivity contribution in [1.82, 2.24) is 4.90 Å². The number of likely N-dealkylation sites (tertiary alicyclic amines) is 1. The first-order valence-electron chi connectivity index (χ1n) is 6.44. The molecular formula is C14H15F3N2O2. The second kappa shape index (κ2) is 5.38. The zero-order valence-electron chi connectivity index (χ0n) is 11.4. The maximum absolute atomic E-state index is 12.6. The molecule has 1 saturated heterocycles. The number of piperidine rings is 1. The highest BCUT2D eigenvalue weighted by atomic mass is 19.4. The molecule has 0 aromatic heterocycles. The second-order valence-corrected chi connectivity index (χ2v) is 5.12. The van der Waals surface area contributed by atoms with E-state index in [1.54, 1.807) is 0 Å². The SMILES string of the molecule is CN1C(=O)CCC(C(N)=O)C1c1ccc(C(F)(F)F)cc1. The van der Waals surface area contributed by atoms with Crippen molar-refractivity contribution in [3.05, 3.63) is 35.4 Å². The van der Waals surface area contributed by atoms with Crippen LogP contribution in [0.25, 0.3) is 0 Å². The highest BCUT2D eigenvalue weighted by Crippen LogP contribution is 2.37. The van der Waals surface area contributed by atoms with Gasteiger partial charge in [0, 0.05) is 13.5 Å². The highest BCUT2D eigenvalue weighted by Gasteiger charge is 2.38. The average molecular weight is 300 g/mol. The number of halogens is 3. The Bertz CT molecular complexity index is 554. The minimum atomic E-state index is -4.42. The van der Waals surface area contributed by atoms with Gasteiger partial charge < -0.3 is 10.6 Å². The number of hydrogen-bond donors (Lipinski definition) is 1. The molecule has 1 heterocycles. The van der Waals surface area contributed by atoms with Gasteiger partial charge in [-0.15, -0.1) is 0 Å². The molecule has 0 saturated carbocycles. The summed E-state index contributed by atoms with van der Waals surface area (Å²) in [6.07, 6.45) is -3.90. The summed E-state index contributed by atoms with van der Waals surface area (Å²) in [5.74, 6) is -1.30. The van der Waals surface area contributed by atoms with Crippen molar-refractivity contribution < 1.29 is 22.8 Å². The minimum absolute atomic E-state index is 0.155. The van der Waals surface area contributed by atoms with Crippen LogP contribution >= 0.6 is 0 Å². The summed E-state index contributed by atoms with van der Waals surface area (Å²) in [7, 11) is 1.53. The predicted molar refractivity (Wildman–Crippen MR) is 68.9 cm³/mol. The molecule has 114 valence electrons. The van der Waals surface area contributed by atoms with Crippen LogP contribution in [0.15, 0.2) is 24.3 Å². The van der Waals surface area contributed by atoms with E-state index in [1.807, 2.05) is 0 Å². The maximum atomic E-state index is 12.6. The lowest BCUT2D eigenvalue weighted by molar-refractivity contribution is -0.141. The number of primary amides is 1. The standard InChI is InChI=1S/C14H15F3N2O2/c1-19-11(20)7-6-10(13(18)21)12(19)8-2-4-9(5-3-8)14(15,16)17/h2-5,10,12H,6-7H2,1H3,(H2,18,21). The molecule has 0 spiro atoms. The lowest BCUT2D eigenvalue weighted by atomic mass is 9.84. The molecule has 2 atom stereocenters. The van der Waals surface area contributed by atoms with Gasteiger partial charge in [-0.2, -0.15) is 13.2 Å². The van der Waals surface area contributed by atoms with Crippen molar-refractivity contribution in [1.29, 1.82) is 0 Å². The van der Waals surface area contributed by atoms with E-state index in [-0.39, 0.29) is 12.3 Å². The molecule has 0 bridgehead atoms. The number of alkyl halides is 3. The lowest BCUT2D eigenvalue weighted by Crippen LogP contribution is -2.44. The molecule has 1 aliphatic heterocycles. The van der Waals surface area contributed by atoms with E-state index in [1.165, 1.54) is 24.1 Å². The summed E-state index contributed by atoms with van der Waals surface area (Å²) in [6.45, 7) is 0. The van der Waals surface area contributed by atoms with Crippen LogP contribution in [0, 0.1) is 5.92 Å². The van der Waals surface area contributed by atoms with Crippen LogP contribution < -0.4 is 5.73 Å². The van der Waals surface area contributed by atoms with Crippen LogP contribution in [0.1, 0.15) is 30.0 Å². The smallest absolute Gasteiger partial charge is 0.369 e. The molecule has 1 aliphatic rings. The van der Waals surface area contributed by atoms with Crippen molar-refractivity contribution in [3.63, 3.8) is 0 Å². The Morgan fingerprint density at radius 1 is 1.29 bits per heavy atom. The fourth-order valence-corrected chi connectivity index (χ4v) is 2.66. The Kier molecular flexibility index (Phi) is 3.93. The Balaban J connectivity index is 2.36. The molecule has 2 rings (SSSR count). The summed E-state index contributed by atoms with van der Waals surface area (Å²) in [6, 6.07) is 3.85. The van der Waals surface area contributed by atoms with Gasteiger partial charge in [-0.25, -0.2) is 0 Å². The molecule has 2 amide bonds. The Morgan fingerprint density at radius 2 is 1.86 bits per heavy atom. The van der Waals surface area contributed by atoms with E-state index >= 15 is 0 Å². The summed E-state index contributed by atoms with van der Waals surface area (Å²) < 4.78 is 37.7. The number of benzene rings is 1. The van der Waals surface area contributed by atoms with Crippen LogP contribution in [-0.2, 0) is 15.8 Å². The van der Waals surface area contributed by atoms with Gasteiger partial charge in [0.1, 0.15) is 0 Å². The van der Waals surface area contributed by atoms with Crippen LogP contribution in [-0.4, -0.2) is 23.8 Å². The first-order chi connectivity index (χ1) is 9.71. The molecule has 21 heavy (non-hydrogen) atoms. The molecule has 2 unspecified atom stereocenters. The van der Waals surface area contributed by atoms with E-state index in [9.17, 15) is 22.8 Å². The van der Waals surface area contributed by atoms with Gasteiger partial charge in [-0.05, 0) is 24.1 Å². The van der Waals surface area contributed by atoms with Crippen LogP contribution in [0.5, 0.6) is 0 Å². The van der Waals surface area contributed by atoms with Crippen molar-refractivity contribution in [2.45, 2.75) is 25.1 Å². The number of nitrogens with two attached hydrogens (primary N) is 1. The number of rotatable bonds is 2. The Morgan fingerprint density at radius 3 is 2.33 bits per heavy atom. The zero-order chi connectivity index (χ0) is 15.8. The third-order valence-corrected chi connectivity index (χ3v) is 3.81. The third-order valence-electron chi connectivity index (χ3n) is 3.81. The van der Waals surface area contributed by atoms with Gasteiger partial charge in [0.25, 0.3) is 0 Å². The normalized spacial score (nSPS) is 23.2. The van der Waals surface area contributed by atoms with Gasteiger partial charge in [-0.3, -0.25) is 9.59 Å². The number of nitrogens with zero attached hydrogens (tertiary/aromatic N) is 1. The topological polar surface area (TPSA) is 63.4 Å². The van der Waals surface area contributed by atoms with Gasteiger partial charge >= 0.3 is 6.18 Å². The number of hydrogen-bond acceptors (Lipinski definition) is 2. The first-order valence-corrected chi connectivity index (χ1v) is 6.44.